The number of hydrogen-bond donors (Lipinski definition) is 2. The van der Waals surface area contributed by atoms with Gasteiger partial charge in [0, 0.05) is 10.7 Å². The number of halogens is 1. The molecule has 12 heavy (non-hydrogen) atoms. The predicted octanol–water partition coefficient (Wildman–Crippen LogP) is 2.28. The van der Waals surface area contributed by atoms with Crippen LogP contribution in [0, 0.1) is 6.92 Å². The average Bonchev–Trinajstić information content (AvgIpc) is 1.96. The third kappa shape index (κ3) is 1.71. The lowest BCUT2D eigenvalue weighted by Crippen LogP contribution is -1.96. The van der Waals surface area contributed by atoms with Gasteiger partial charge in [-0.3, -0.25) is 0 Å². The predicted molar refractivity (Wildman–Crippen MR) is 51.2 cm³/mol. The van der Waals surface area contributed by atoms with Crippen LogP contribution in [0.15, 0.2) is 12.1 Å². The number of rotatable bonds is 1. The van der Waals surface area contributed by atoms with Gasteiger partial charge in [-0.2, -0.15) is 0 Å². The fourth-order valence-corrected chi connectivity index (χ4v) is 1.37. The Bertz CT molecular complexity index is 297. The van der Waals surface area contributed by atoms with Crippen molar-refractivity contribution >= 4 is 17.3 Å². The standard InChI is InChI=1S/C9H12ClNO/c1-5-3-7(6(2)12)8(10)4-9(5)11/h3-4,6,12H,11H2,1-2H3. The molecule has 0 aliphatic carbocycles. The minimum absolute atomic E-state index is 0.521. The van der Waals surface area contributed by atoms with Crippen LogP contribution in [0.25, 0.3) is 0 Å². The molecule has 0 radical (unpaired) electrons. The maximum atomic E-state index is 9.29. The number of anilines is 1. The second kappa shape index (κ2) is 3.33. The summed E-state index contributed by atoms with van der Waals surface area (Å²) < 4.78 is 0. The summed E-state index contributed by atoms with van der Waals surface area (Å²) in [5, 5.41) is 9.82. The fraction of sp³-hybridized carbons (Fsp3) is 0.333. The zero-order valence-electron chi connectivity index (χ0n) is 7.13. The van der Waals surface area contributed by atoms with Gasteiger partial charge in [-0.1, -0.05) is 11.6 Å². The Morgan fingerprint density at radius 3 is 2.58 bits per heavy atom. The van der Waals surface area contributed by atoms with Crippen molar-refractivity contribution in [1.82, 2.24) is 0 Å². The van der Waals surface area contributed by atoms with Gasteiger partial charge in [0.05, 0.1) is 6.10 Å². The normalized spacial score (nSPS) is 13.0. The molecule has 0 bridgehead atoms. The summed E-state index contributed by atoms with van der Waals surface area (Å²) >= 11 is 5.86. The molecule has 0 spiro atoms. The number of benzene rings is 1. The quantitative estimate of drug-likeness (QED) is 0.660. The van der Waals surface area contributed by atoms with Gasteiger partial charge in [0.15, 0.2) is 0 Å². The Morgan fingerprint density at radius 1 is 1.50 bits per heavy atom. The van der Waals surface area contributed by atoms with E-state index < -0.39 is 6.10 Å². The van der Waals surface area contributed by atoms with E-state index in [1.54, 1.807) is 13.0 Å². The molecule has 2 nitrogen and oxygen atoms in total. The first-order valence-electron chi connectivity index (χ1n) is 3.76. The molecule has 0 aromatic heterocycles. The maximum Gasteiger partial charge on any atom is 0.0776 e. The summed E-state index contributed by atoms with van der Waals surface area (Å²) in [5.41, 5.74) is 7.95. The Labute approximate surface area is 77.0 Å². The van der Waals surface area contributed by atoms with Crippen LogP contribution in [-0.4, -0.2) is 5.11 Å². The van der Waals surface area contributed by atoms with Crippen LogP contribution in [0.4, 0.5) is 5.69 Å². The van der Waals surface area contributed by atoms with E-state index in [1.165, 1.54) is 0 Å². The Kier molecular flexibility index (Phi) is 2.60. The van der Waals surface area contributed by atoms with Gasteiger partial charge >= 0.3 is 0 Å². The molecule has 0 saturated carbocycles. The van der Waals surface area contributed by atoms with Gasteiger partial charge in [0.25, 0.3) is 0 Å². The van der Waals surface area contributed by atoms with Crippen molar-refractivity contribution in [3.63, 3.8) is 0 Å². The topological polar surface area (TPSA) is 46.2 Å². The summed E-state index contributed by atoms with van der Waals surface area (Å²) in [6.07, 6.45) is -0.545. The fourth-order valence-electron chi connectivity index (χ4n) is 1.04. The first-order chi connectivity index (χ1) is 5.52. The van der Waals surface area contributed by atoms with E-state index >= 15 is 0 Å². The van der Waals surface area contributed by atoms with Crippen LogP contribution >= 0.6 is 11.6 Å². The molecule has 0 aliphatic rings. The lowest BCUT2D eigenvalue weighted by atomic mass is 10.1. The van der Waals surface area contributed by atoms with E-state index in [1.807, 2.05) is 13.0 Å². The van der Waals surface area contributed by atoms with Crippen LogP contribution in [0.1, 0.15) is 24.2 Å². The smallest absolute Gasteiger partial charge is 0.0776 e. The third-order valence-electron chi connectivity index (χ3n) is 1.84. The molecule has 3 N–H and O–H groups in total. The molecular weight excluding hydrogens is 174 g/mol. The lowest BCUT2D eigenvalue weighted by molar-refractivity contribution is 0.199. The highest BCUT2D eigenvalue weighted by molar-refractivity contribution is 6.31. The molecule has 1 atom stereocenters. The first kappa shape index (κ1) is 9.36. The van der Waals surface area contributed by atoms with Gasteiger partial charge < -0.3 is 10.8 Å². The highest BCUT2D eigenvalue weighted by Gasteiger charge is 2.07. The second-order valence-corrected chi connectivity index (χ2v) is 3.31. The third-order valence-corrected chi connectivity index (χ3v) is 2.16. The molecule has 0 amide bonds. The summed E-state index contributed by atoms with van der Waals surface area (Å²) in [7, 11) is 0. The van der Waals surface area contributed by atoms with E-state index in [2.05, 4.69) is 0 Å². The molecule has 1 aromatic rings. The summed E-state index contributed by atoms with van der Waals surface area (Å²) in [5.74, 6) is 0. The Balaban J connectivity index is 3.23. The number of aliphatic hydroxyl groups is 1. The number of nitrogens with two attached hydrogens (primary N) is 1. The van der Waals surface area contributed by atoms with Crippen molar-refractivity contribution < 1.29 is 5.11 Å². The molecule has 1 rings (SSSR count). The molecule has 1 unspecified atom stereocenters. The highest BCUT2D eigenvalue weighted by Crippen LogP contribution is 2.27. The zero-order valence-corrected chi connectivity index (χ0v) is 7.89. The molecule has 3 heteroatoms. The van der Waals surface area contributed by atoms with Crippen molar-refractivity contribution in [2.75, 3.05) is 5.73 Å². The molecule has 66 valence electrons. The van der Waals surface area contributed by atoms with Crippen LogP contribution < -0.4 is 5.73 Å². The van der Waals surface area contributed by atoms with Gasteiger partial charge in [-0.05, 0) is 37.1 Å². The van der Waals surface area contributed by atoms with E-state index in [4.69, 9.17) is 17.3 Å². The Hall–Kier alpha value is -0.730. The molecule has 0 aliphatic heterocycles. The van der Waals surface area contributed by atoms with Crippen molar-refractivity contribution in [3.8, 4) is 0 Å². The Morgan fingerprint density at radius 2 is 2.08 bits per heavy atom. The van der Waals surface area contributed by atoms with Gasteiger partial charge in [-0.15, -0.1) is 0 Å². The van der Waals surface area contributed by atoms with Gasteiger partial charge in [0.2, 0.25) is 0 Å². The second-order valence-electron chi connectivity index (χ2n) is 2.91. The minimum Gasteiger partial charge on any atom is -0.398 e. The SMILES string of the molecule is Cc1cc(C(C)O)c(Cl)cc1N. The molecule has 0 saturated heterocycles. The van der Waals surface area contributed by atoms with E-state index in [-0.39, 0.29) is 0 Å². The van der Waals surface area contributed by atoms with Crippen molar-refractivity contribution in [1.29, 1.82) is 0 Å². The van der Waals surface area contributed by atoms with Gasteiger partial charge in [0.1, 0.15) is 0 Å². The highest BCUT2D eigenvalue weighted by atomic mass is 35.5. The summed E-state index contributed by atoms with van der Waals surface area (Å²) in [6, 6.07) is 3.47. The number of nitrogen functional groups attached to an aromatic ring is 1. The van der Waals surface area contributed by atoms with Crippen LogP contribution in [0.3, 0.4) is 0 Å². The molecule has 1 aromatic carbocycles. The van der Waals surface area contributed by atoms with Crippen molar-refractivity contribution in [2.24, 2.45) is 0 Å². The largest absolute Gasteiger partial charge is 0.398 e. The van der Waals surface area contributed by atoms with E-state index in [0.717, 1.165) is 11.1 Å². The lowest BCUT2D eigenvalue weighted by Gasteiger charge is -2.09. The molecular formula is C9H12ClNO. The monoisotopic (exact) mass is 185 g/mol. The van der Waals surface area contributed by atoms with Crippen LogP contribution in [-0.2, 0) is 0 Å². The van der Waals surface area contributed by atoms with Crippen molar-refractivity contribution in [3.05, 3.63) is 28.3 Å². The zero-order chi connectivity index (χ0) is 9.30. The number of hydrogen-bond acceptors (Lipinski definition) is 2. The first-order valence-corrected chi connectivity index (χ1v) is 4.13. The van der Waals surface area contributed by atoms with Crippen LogP contribution in [0.5, 0.6) is 0 Å². The summed E-state index contributed by atoms with van der Waals surface area (Å²) in [4.78, 5) is 0. The maximum absolute atomic E-state index is 9.29. The van der Waals surface area contributed by atoms with Crippen molar-refractivity contribution in [2.45, 2.75) is 20.0 Å². The minimum atomic E-state index is -0.545. The molecule has 0 fully saturated rings. The number of aliphatic hydroxyl groups excluding tert-OH is 1. The summed E-state index contributed by atoms with van der Waals surface area (Å²) in [6.45, 7) is 3.56. The number of aryl methyl sites for hydroxylation is 1. The van der Waals surface area contributed by atoms with E-state index in [0.29, 0.717) is 10.7 Å². The average molecular weight is 186 g/mol. The van der Waals surface area contributed by atoms with E-state index in [9.17, 15) is 5.11 Å². The molecule has 0 heterocycles. The van der Waals surface area contributed by atoms with Gasteiger partial charge in [-0.25, -0.2) is 0 Å². The van der Waals surface area contributed by atoms with Crippen LogP contribution in [0.2, 0.25) is 5.02 Å².